The van der Waals surface area contributed by atoms with E-state index in [1.165, 1.54) is 5.69 Å². The number of ether oxygens (including phenoxy) is 1. The highest BCUT2D eigenvalue weighted by Crippen LogP contribution is 2.19. The maximum atomic E-state index is 5.43. The number of benzene rings is 1. The number of hydrogen-bond acceptors (Lipinski definition) is 4. The molecule has 0 aliphatic carbocycles. The van der Waals surface area contributed by atoms with Gasteiger partial charge in [-0.3, -0.25) is 9.89 Å². The fourth-order valence-electron chi connectivity index (χ4n) is 3.87. The van der Waals surface area contributed by atoms with Gasteiger partial charge in [0, 0.05) is 58.0 Å². The van der Waals surface area contributed by atoms with Crippen LogP contribution in [0.3, 0.4) is 0 Å². The van der Waals surface area contributed by atoms with Crippen molar-refractivity contribution in [1.82, 2.24) is 15.5 Å². The standard InChI is InChI=1S/C21H35N5O.HI/c1-18(17-25-12-14-27-15-13-25)16-23-21(22-2)24-19-8-10-26(11-9-19)20-6-4-3-5-7-20;/h3-7,18-19H,8-17H2,1-2H3,(H2,22,23,24);1H. The summed E-state index contributed by atoms with van der Waals surface area (Å²) >= 11 is 0. The van der Waals surface area contributed by atoms with Gasteiger partial charge < -0.3 is 20.3 Å². The Labute approximate surface area is 187 Å². The summed E-state index contributed by atoms with van der Waals surface area (Å²) in [4.78, 5) is 9.39. The molecule has 2 fully saturated rings. The molecule has 0 amide bonds. The van der Waals surface area contributed by atoms with Crippen LogP contribution >= 0.6 is 24.0 Å². The summed E-state index contributed by atoms with van der Waals surface area (Å²) < 4.78 is 5.43. The van der Waals surface area contributed by atoms with E-state index < -0.39 is 0 Å². The molecule has 0 radical (unpaired) electrons. The molecule has 2 N–H and O–H groups in total. The first kappa shape index (κ1) is 23.2. The molecule has 1 aromatic carbocycles. The third-order valence-electron chi connectivity index (χ3n) is 5.47. The number of nitrogens with one attached hydrogen (secondary N) is 2. The molecule has 2 aliphatic heterocycles. The van der Waals surface area contributed by atoms with Crippen molar-refractivity contribution in [3.63, 3.8) is 0 Å². The second kappa shape index (κ2) is 12.5. The number of para-hydroxylation sites is 1. The number of halogens is 1. The highest BCUT2D eigenvalue weighted by molar-refractivity contribution is 14.0. The van der Waals surface area contributed by atoms with Gasteiger partial charge in [-0.05, 0) is 30.9 Å². The molecule has 2 heterocycles. The SMILES string of the molecule is CN=C(NCC(C)CN1CCOCC1)NC1CCN(c2ccccc2)CC1.I. The predicted molar refractivity (Wildman–Crippen MR) is 128 cm³/mol. The summed E-state index contributed by atoms with van der Waals surface area (Å²) in [5.41, 5.74) is 1.33. The Morgan fingerprint density at radius 1 is 1.14 bits per heavy atom. The quantitative estimate of drug-likeness (QED) is 0.356. The molecule has 28 heavy (non-hydrogen) atoms. The number of aliphatic imine (C=N–C) groups is 1. The molecule has 1 unspecified atom stereocenters. The number of nitrogens with zero attached hydrogens (tertiary/aromatic N) is 3. The minimum absolute atomic E-state index is 0. The summed E-state index contributed by atoms with van der Waals surface area (Å²) in [7, 11) is 1.86. The van der Waals surface area contributed by atoms with Gasteiger partial charge in [-0.2, -0.15) is 0 Å². The van der Waals surface area contributed by atoms with E-state index in [0.29, 0.717) is 12.0 Å². The molecule has 3 rings (SSSR count). The lowest BCUT2D eigenvalue weighted by atomic mass is 10.0. The van der Waals surface area contributed by atoms with Crippen LogP contribution in [0.4, 0.5) is 5.69 Å². The third kappa shape index (κ3) is 7.40. The Hall–Kier alpha value is -1.06. The van der Waals surface area contributed by atoms with Crippen LogP contribution in [0.5, 0.6) is 0 Å². The van der Waals surface area contributed by atoms with Crippen LogP contribution in [-0.2, 0) is 4.74 Å². The Balaban J connectivity index is 0.00000280. The van der Waals surface area contributed by atoms with Crippen molar-refractivity contribution in [1.29, 1.82) is 0 Å². The molecule has 0 saturated carbocycles. The minimum Gasteiger partial charge on any atom is -0.379 e. The minimum atomic E-state index is 0. The maximum absolute atomic E-state index is 5.43. The van der Waals surface area contributed by atoms with Crippen LogP contribution < -0.4 is 15.5 Å². The first-order valence-corrected chi connectivity index (χ1v) is 10.3. The van der Waals surface area contributed by atoms with Crippen LogP contribution in [0, 0.1) is 5.92 Å². The van der Waals surface area contributed by atoms with Gasteiger partial charge in [-0.1, -0.05) is 25.1 Å². The van der Waals surface area contributed by atoms with E-state index in [-0.39, 0.29) is 24.0 Å². The van der Waals surface area contributed by atoms with Crippen LogP contribution in [0.1, 0.15) is 19.8 Å². The number of piperidine rings is 1. The van der Waals surface area contributed by atoms with Crippen molar-refractivity contribution in [3.05, 3.63) is 30.3 Å². The van der Waals surface area contributed by atoms with Crippen LogP contribution in [0.2, 0.25) is 0 Å². The highest BCUT2D eigenvalue weighted by atomic mass is 127. The zero-order valence-corrected chi connectivity index (χ0v) is 19.6. The first-order chi connectivity index (χ1) is 13.2. The lowest BCUT2D eigenvalue weighted by molar-refractivity contribution is 0.0320. The average molecular weight is 501 g/mol. The van der Waals surface area contributed by atoms with E-state index in [4.69, 9.17) is 4.74 Å². The van der Waals surface area contributed by atoms with E-state index in [1.54, 1.807) is 0 Å². The molecule has 2 aliphatic rings. The molecule has 158 valence electrons. The maximum Gasteiger partial charge on any atom is 0.191 e. The van der Waals surface area contributed by atoms with Crippen molar-refractivity contribution in [2.75, 3.05) is 64.4 Å². The Morgan fingerprint density at radius 3 is 2.46 bits per heavy atom. The zero-order chi connectivity index (χ0) is 18.9. The van der Waals surface area contributed by atoms with Gasteiger partial charge in [-0.15, -0.1) is 24.0 Å². The summed E-state index contributed by atoms with van der Waals surface area (Å²) in [5.74, 6) is 1.52. The van der Waals surface area contributed by atoms with Crippen molar-refractivity contribution < 1.29 is 4.74 Å². The highest BCUT2D eigenvalue weighted by Gasteiger charge is 2.20. The molecule has 7 heteroatoms. The number of anilines is 1. The van der Waals surface area contributed by atoms with E-state index in [1.807, 2.05) is 7.05 Å². The Morgan fingerprint density at radius 2 is 1.82 bits per heavy atom. The van der Waals surface area contributed by atoms with Gasteiger partial charge in [0.15, 0.2) is 5.96 Å². The number of rotatable bonds is 6. The van der Waals surface area contributed by atoms with Gasteiger partial charge in [0.25, 0.3) is 0 Å². The molecule has 2 saturated heterocycles. The zero-order valence-electron chi connectivity index (χ0n) is 17.3. The van der Waals surface area contributed by atoms with Crippen molar-refractivity contribution >= 4 is 35.6 Å². The lowest BCUT2D eigenvalue weighted by Gasteiger charge is -2.34. The lowest BCUT2D eigenvalue weighted by Crippen LogP contribution is -2.50. The fraction of sp³-hybridized carbons (Fsp3) is 0.667. The van der Waals surface area contributed by atoms with Crippen LogP contribution in [-0.4, -0.2) is 76.4 Å². The summed E-state index contributed by atoms with van der Waals surface area (Å²) in [6, 6.07) is 11.2. The molecule has 0 spiro atoms. The van der Waals surface area contributed by atoms with Gasteiger partial charge in [0.05, 0.1) is 13.2 Å². The van der Waals surface area contributed by atoms with Crippen molar-refractivity contribution in [2.45, 2.75) is 25.8 Å². The molecule has 6 nitrogen and oxygen atoms in total. The second-order valence-electron chi connectivity index (χ2n) is 7.71. The second-order valence-corrected chi connectivity index (χ2v) is 7.71. The topological polar surface area (TPSA) is 52.1 Å². The van der Waals surface area contributed by atoms with Crippen molar-refractivity contribution in [3.8, 4) is 0 Å². The van der Waals surface area contributed by atoms with Crippen LogP contribution in [0.25, 0.3) is 0 Å². The number of hydrogen-bond donors (Lipinski definition) is 2. The van der Waals surface area contributed by atoms with E-state index in [0.717, 1.165) is 71.3 Å². The van der Waals surface area contributed by atoms with Crippen molar-refractivity contribution in [2.24, 2.45) is 10.9 Å². The number of morpholine rings is 1. The summed E-state index contributed by atoms with van der Waals surface area (Å²) in [6.07, 6.45) is 2.28. The predicted octanol–water partition coefficient (Wildman–Crippen LogP) is 2.41. The third-order valence-corrected chi connectivity index (χ3v) is 5.47. The Bertz CT molecular complexity index is 571. The smallest absolute Gasteiger partial charge is 0.191 e. The molecular weight excluding hydrogens is 465 g/mol. The first-order valence-electron chi connectivity index (χ1n) is 10.3. The van der Waals surface area contributed by atoms with E-state index in [2.05, 4.69) is 62.7 Å². The molecule has 0 aromatic heterocycles. The Kier molecular flexibility index (Phi) is 10.4. The van der Waals surface area contributed by atoms with Gasteiger partial charge in [0.1, 0.15) is 0 Å². The molecule has 0 bridgehead atoms. The van der Waals surface area contributed by atoms with E-state index >= 15 is 0 Å². The van der Waals surface area contributed by atoms with Gasteiger partial charge in [0.2, 0.25) is 0 Å². The monoisotopic (exact) mass is 501 g/mol. The normalized spacial score (nSPS) is 20.4. The molecular formula is C21H36IN5O. The summed E-state index contributed by atoms with van der Waals surface area (Å²) in [6.45, 7) is 10.4. The van der Waals surface area contributed by atoms with Gasteiger partial charge >= 0.3 is 0 Å². The van der Waals surface area contributed by atoms with Gasteiger partial charge in [-0.25, -0.2) is 0 Å². The van der Waals surface area contributed by atoms with E-state index in [9.17, 15) is 0 Å². The fourth-order valence-corrected chi connectivity index (χ4v) is 3.87. The molecule has 1 atom stereocenters. The average Bonchev–Trinajstić information content (AvgIpc) is 2.73. The van der Waals surface area contributed by atoms with Crippen LogP contribution in [0.15, 0.2) is 35.3 Å². The largest absolute Gasteiger partial charge is 0.379 e. The summed E-state index contributed by atoms with van der Waals surface area (Å²) in [5, 5.41) is 7.13. The molecule has 1 aromatic rings. The number of guanidine groups is 1.